The van der Waals surface area contributed by atoms with Gasteiger partial charge in [0.2, 0.25) is 17.7 Å². The Kier molecular flexibility index (Phi) is 7.45. The molecule has 0 spiro atoms. The van der Waals surface area contributed by atoms with Crippen molar-refractivity contribution in [1.29, 1.82) is 0 Å². The van der Waals surface area contributed by atoms with E-state index in [0.717, 1.165) is 11.1 Å². The number of amides is 3. The maximum absolute atomic E-state index is 13.5. The molecule has 1 saturated heterocycles. The first-order valence-corrected chi connectivity index (χ1v) is 11.9. The number of benzene rings is 2. The standard InChI is InChI=1S/C23H27N3O7S/c1-14-5-7-20(32-3)16(9-14)10-17-12-24-22(28)13-26(23(17)29)34(30,31)18-6-8-21(33-4)19(11-18)25-15(2)27/h5-9,11,17H,10,12-13H2,1-4H3,(H,24,28)(H,25,27). The van der Waals surface area contributed by atoms with Crippen LogP contribution in [0.5, 0.6) is 11.5 Å². The number of aryl methyl sites for hydroxylation is 1. The molecule has 182 valence electrons. The quantitative estimate of drug-likeness (QED) is 0.602. The number of anilines is 1. The number of ether oxygens (including phenoxy) is 2. The van der Waals surface area contributed by atoms with Gasteiger partial charge in [-0.1, -0.05) is 17.7 Å². The lowest BCUT2D eigenvalue weighted by Gasteiger charge is -2.24. The van der Waals surface area contributed by atoms with Gasteiger partial charge in [-0.05, 0) is 43.2 Å². The smallest absolute Gasteiger partial charge is 0.267 e. The Bertz CT molecular complexity index is 1230. The number of carbonyl (C=O) groups excluding carboxylic acids is 3. The van der Waals surface area contributed by atoms with Crippen molar-refractivity contribution < 1.29 is 32.3 Å². The molecule has 2 aromatic rings. The zero-order valence-corrected chi connectivity index (χ0v) is 20.2. The highest BCUT2D eigenvalue weighted by Gasteiger charge is 2.38. The molecule has 11 heteroatoms. The minimum atomic E-state index is -4.41. The summed E-state index contributed by atoms with van der Waals surface area (Å²) in [6, 6.07) is 9.33. The van der Waals surface area contributed by atoms with E-state index in [-0.39, 0.29) is 29.3 Å². The third kappa shape index (κ3) is 5.30. The van der Waals surface area contributed by atoms with Crippen LogP contribution < -0.4 is 20.1 Å². The predicted molar refractivity (Wildman–Crippen MR) is 124 cm³/mol. The summed E-state index contributed by atoms with van der Waals surface area (Å²) in [6.45, 7) is 2.50. The first-order valence-electron chi connectivity index (χ1n) is 10.5. The van der Waals surface area contributed by atoms with Crippen molar-refractivity contribution in [2.75, 3.05) is 32.6 Å². The fraction of sp³-hybridized carbons (Fsp3) is 0.348. The molecule has 1 fully saturated rings. The van der Waals surface area contributed by atoms with Crippen LogP contribution in [0.15, 0.2) is 41.3 Å². The van der Waals surface area contributed by atoms with E-state index in [2.05, 4.69) is 10.6 Å². The van der Waals surface area contributed by atoms with Gasteiger partial charge in [0.25, 0.3) is 10.0 Å². The molecule has 2 aromatic carbocycles. The molecule has 0 saturated carbocycles. The van der Waals surface area contributed by atoms with E-state index in [0.29, 0.717) is 10.1 Å². The van der Waals surface area contributed by atoms with E-state index < -0.39 is 40.2 Å². The lowest BCUT2D eigenvalue weighted by atomic mass is 9.96. The Morgan fingerprint density at radius 1 is 1.12 bits per heavy atom. The van der Waals surface area contributed by atoms with Crippen LogP contribution in [0, 0.1) is 12.8 Å². The molecule has 0 radical (unpaired) electrons. The minimum absolute atomic E-state index is 0.0134. The number of nitrogens with zero attached hydrogens (tertiary/aromatic N) is 1. The van der Waals surface area contributed by atoms with Gasteiger partial charge in [-0.2, -0.15) is 0 Å². The summed E-state index contributed by atoms with van der Waals surface area (Å²) in [5, 5.41) is 5.13. The van der Waals surface area contributed by atoms with Crippen LogP contribution in [-0.4, -0.2) is 57.8 Å². The summed E-state index contributed by atoms with van der Waals surface area (Å²) in [5.74, 6) is -1.74. The summed E-state index contributed by atoms with van der Waals surface area (Å²) in [5.41, 5.74) is 1.81. The second-order valence-corrected chi connectivity index (χ2v) is 9.78. The van der Waals surface area contributed by atoms with Gasteiger partial charge < -0.3 is 20.1 Å². The Hall–Kier alpha value is -3.60. The molecule has 2 N–H and O–H groups in total. The molecule has 3 amide bonds. The second-order valence-electron chi connectivity index (χ2n) is 7.91. The highest BCUT2D eigenvalue weighted by atomic mass is 32.2. The average molecular weight is 490 g/mol. The SMILES string of the molecule is COc1ccc(C)cc1CC1CNC(=O)CN(S(=O)(=O)c2ccc(OC)c(NC(C)=O)c2)C1=O. The van der Waals surface area contributed by atoms with Crippen LogP contribution >= 0.6 is 0 Å². The summed E-state index contributed by atoms with van der Waals surface area (Å²) < 4.78 is 38.0. The highest BCUT2D eigenvalue weighted by molar-refractivity contribution is 7.89. The molecule has 1 heterocycles. The van der Waals surface area contributed by atoms with Gasteiger partial charge in [-0.25, -0.2) is 12.7 Å². The van der Waals surface area contributed by atoms with Crippen LogP contribution in [0.1, 0.15) is 18.1 Å². The number of sulfonamides is 1. The number of methoxy groups -OCH3 is 2. The molecule has 34 heavy (non-hydrogen) atoms. The molecule has 1 atom stereocenters. The number of nitrogens with one attached hydrogen (secondary N) is 2. The lowest BCUT2D eigenvalue weighted by molar-refractivity contribution is -0.131. The summed E-state index contributed by atoms with van der Waals surface area (Å²) in [7, 11) is -1.53. The van der Waals surface area contributed by atoms with E-state index in [1.165, 1.54) is 39.3 Å². The van der Waals surface area contributed by atoms with E-state index in [1.54, 1.807) is 6.07 Å². The van der Waals surface area contributed by atoms with Gasteiger partial charge >= 0.3 is 0 Å². The lowest BCUT2D eigenvalue weighted by Crippen LogP contribution is -2.42. The van der Waals surface area contributed by atoms with Crippen molar-refractivity contribution in [1.82, 2.24) is 9.62 Å². The topological polar surface area (TPSA) is 131 Å². The van der Waals surface area contributed by atoms with Crippen LogP contribution in [0.3, 0.4) is 0 Å². The third-order valence-electron chi connectivity index (χ3n) is 5.40. The van der Waals surface area contributed by atoms with Crippen LogP contribution in [0.4, 0.5) is 5.69 Å². The molecular weight excluding hydrogens is 462 g/mol. The fourth-order valence-electron chi connectivity index (χ4n) is 3.75. The second kappa shape index (κ2) is 10.1. The fourth-order valence-corrected chi connectivity index (χ4v) is 5.18. The summed E-state index contributed by atoms with van der Waals surface area (Å²) in [6.07, 6.45) is 0.176. The highest BCUT2D eigenvalue weighted by Crippen LogP contribution is 2.31. The summed E-state index contributed by atoms with van der Waals surface area (Å²) in [4.78, 5) is 37.0. The zero-order valence-electron chi connectivity index (χ0n) is 19.4. The van der Waals surface area contributed by atoms with Gasteiger partial charge in [0.05, 0.1) is 30.7 Å². The van der Waals surface area contributed by atoms with Crippen molar-refractivity contribution in [3.05, 3.63) is 47.5 Å². The van der Waals surface area contributed by atoms with Gasteiger partial charge in [0.15, 0.2) is 0 Å². The monoisotopic (exact) mass is 489 g/mol. The Morgan fingerprint density at radius 2 is 1.79 bits per heavy atom. The minimum Gasteiger partial charge on any atom is -0.496 e. The van der Waals surface area contributed by atoms with Crippen molar-refractivity contribution in [2.24, 2.45) is 5.92 Å². The van der Waals surface area contributed by atoms with Gasteiger partial charge in [0, 0.05) is 13.5 Å². The molecule has 0 aromatic heterocycles. The summed E-state index contributed by atoms with van der Waals surface area (Å²) >= 11 is 0. The van der Waals surface area contributed by atoms with Gasteiger partial charge in [0.1, 0.15) is 18.0 Å². The first kappa shape index (κ1) is 25.0. The maximum Gasteiger partial charge on any atom is 0.267 e. The van der Waals surface area contributed by atoms with Gasteiger partial charge in [-0.3, -0.25) is 14.4 Å². The zero-order chi connectivity index (χ0) is 25.0. The van der Waals surface area contributed by atoms with Crippen molar-refractivity contribution in [3.63, 3.8) is 0 Å². The van der Waals surface area contributed by atoms with Crippen LogP contribution in [0.25, 0.3) is 0 Å². The number of hydrogen-bond acceptors (Lipinski definition) is 7. The average Bonchev–Trinajstić information content (AvgIpc) is 2.92. The normalized spacial score (nSPS) is 16.5. The number of hydrogen-bond donors (Lipinski definition) is 2. The van der Waals surface area contributed by atoms with Crippen molar-refractivity contribution >= 4 is 33.4 Å². The Morgan fingerprint density at radius 3 is 2.44 bits per heavy atom. The Balaban J connectivity index is 1.99. The molecule has 1 aliphatic heterocycles. The first-order chi connectivity index (χ1) is 16.1. The van der Waals surface area contributed by atoms with Crippen molar-refractivity contribution in [2.45, 2.75) is 25.2 Å². The van der Waals surface area contributed by atoms with E-state index in [1.807, 2.05) is 19.1 Å². The molecule has 3 rings (SSSR count). The molecular formula is C23H27N3O7S. The van der Waals surface area contributed by atoms with E-state index in [9.17, 15) is 22.8 Å². The molecule has 1 aliphatic rings. The third-order valence-corrected chi connectivity index (χ3v) is 7.14. The predicted octanol–water partition coefficient (Wildman–Crippen LogP) is 1.48. The van der Waals surface area contributed by atoms with Gasteiger partial charge in [-0.15, -0.1) is 0 Å². The molecule has 1 unspecified atom stereocenters. The van der Waals surface area contributed by atoms with Crippen LogP contribution in [0.2, 0.25) is 0 Å². The number of rotatable bonds is 7. The largest absolute Gasteiger partial charge is 0.496 e. The molecule has 0 bridgehead atoms. The van der Waals surface area contributed by atoms with Crippen molar-refractivity contribution in [3.8, 4) is 11.5 Å². The Labute approximate surface area is 198 Å². The number of carbonyl (C=O) groups is 3. The molecule has 10 nitrogen and oxygen atoms in total. The maximum atomic E-state index is 13.5. The van der Waals surface area contributed by atoms with Crippen LogP contribution in [-0.2, 0) is 30.8 Å². The molecule has 0 aliphatic carbocycles. The van der Waals surface area contributed by atoms with E-state index in [4.69, 9.17) is 9.47 Å². The van der Waals surface area contributed by atoms with E-state index >= 15 is 0 Å².